The van der Waals surface area contributed by atoms with Crippen LogP contribution in [0.2, 0.25) is 0 Å². The van der Waals surface area contributed by atoms with Crippen molar-refractivity contribution in [2.45, 2.75) is 38.1 Å². The van der Waals surface area contributed by atoms with Crippen LogP contribution in [0.15, 0.2) is 0 Å². The molecule has 0 aliphatic heterocycles. The van der Waals surface area contributed by atoms with Gasteiger partial charge in [-0.25, -0.2) is 0 Å². The molecule has 5 heteroatoms. The Labute approximate surface area is 88.7 Å². The van der Waals surface area contributed by atoms with E-state index in [4.69, 9.17) is 10.2 Å². The number of aliphatic hydroxyl groups is 1. The lowest BCUT2D eigenvalue weighted by Crippen LogP contribution is -2.45. The number of carbonyl (C=O) groups excluding carboxylic acids is 1. The summed E-state index contributed by atoms with van der Waals surface area (Å²) in [5.41, 5.74) is 0. The molecule has 1 aliphatic rings. The number of carbonyl (C=O) groups is 2. The second-order valence-electron chi connectivity index (χ2n) is 3.79. The van der Waals surface area contributed by atoms with E-state index in [2.05, 4.69) is 0 Å². The number of carboxylic acids is 1. The first-order valence-electron chi connectivity index (χ1n) is 5.27. The molecule has 5 nitrogen and oxygen atoms in total. The van der Waals surface area contributed by atoms with E-state index >= 15 is 0 Å². The Morgan fingerprint density at radius 3 is 2.33 bits per heavy atom. The number of aliphatic carboxylic acids is 1. The van der Waals surface area contributed by atoms with Gasteiger partial charge >= 0.3 is 5.97 Å². The van der Waals surface area contributed by atoms with Crippen LogP contribution in [0.4, 0.5) is 0 Å². The third-order valence-corrected chi connectivity index (χ3v) is 2.73. The highest BCUT2D eigenvalue weighted by molar-refractivity contribution is 5.81. The van der Waals surface area contributed by atoms with E-state index in [1.807, 2.05) is 0 Å². The molecule has 0 heterocycles. The predicted molar refractivity (Wildman–Crippen MR) is 53.3 cm³/mol. The number of hydrogen-bond donors (Lipinski definition) is 2. The van der Waals surface area contributed by atoms with Crippen molar-refractivity contribution in [1.82, 2.24) is 4.90 Å². The lowest BCUT2D eigenvalue weighted by atomic mass is 9.91. The smallest absolute Gasteiger partial charge is 0.303 e. The Balaban J connectivity index is 2.39. The highest BCUT2D eigenvalue weighted by atomic mass is 16.4. The van der Waals surface area contributed by atoms with Crippen molar-refractivity contribution in [3.8, 4) is 0 Å². The summed E-state index contributed by atoms with van der Waals surface area (Å²) >= 11 is 0. The molecule has 1 saturated carbocycles. The zero-order valence-electron chi connectivity index (χ0n) is 8.69. The van der Waals surface area contributed by atoms with E-state index in [-0.39, 0.29) is 31.4 Å². The molecule has 0 radical (unpaired) electrons. The molecule has 1 rings (SSSR count). The fraction of sp³-hybridized carbons (Fsp3) is 0.800. The average molecular weight is 215 g/mol. The topological polar surface area (TPSA) is 77.8 Å². The van der Waals surface area contributed by atoms with Gasteiger partial charge in [-0.3, -0.25) is 9.59 Å². The van der Waals surface area contributed by atoms with Crippen LogP contribution < -0.4 is 0 Å². The lowest BCUT2D eigenvalue weighted by Gasteiger charge is -2.37. The van der Waals surface area contributed by atoms with Crippen LogP contribution in [0, 0.1) is 0 Å². The number of nitrogens with zero attached hydrogens (tertiary/aromatic N) is 1. The number of carboxylic acid groups (broad SMARTS) is 1. The summed E-state index contributed by atoms with van der Waals surface area (Å²) in [6, 6.07) is 0.221. The molecule has 1 amide bonds. The van der Waals surface area contributed by atoms with Gasteiger partial charge in [0.05, 0.1) is 13.0 Å². The van der Waals surface area contributed by atoms with Crippen molar-refractivity contribution in [2.75, 3.05) is 13.2 Å². The normalized spacial score (nSPS) is 15.8. The molecule has 0 bridgehead atoms. The number of rotatable bonds is 6. The molecule has 0 spiro atoms. The van der Waals surface area contributed by atoms with Gasteiger partial charge in [0.25, 0.3) is 0 Å². The monoisotopic (exact) mass is 215 g/mol. The fourth-order valence-corrected chi connectivity index (χ4v) is 1.67. The summed E-state index contributed by atoms with van der Waals surface area (Å²) < 4.78 is 0. The largest absolute Gasteiger partial charge is 0.481 e. The molecule has 1 fully saturated rings. The van der Waals surface area contributed by atoms with E-state index in [1.165, 1.54) is 0 Å². The Kier molecular flexibility index (Phi) is 4.55. The molecule has 86 valence electrons. The maximum atomic E-state index is 11.6. The molecule has 2 N–H and O–H groups in total. The first-order chi connectivity index (χ1) is 7.15. The molecule has 1 aliphatic carbocycles. The summed E-state index contributed by atoms with van der Waals surface area (Å²) in [5.74, 6) is -1.11. The van der Waals surface area contributed by atoms with E-state index < -0.39 is 5.97 Å². The first-order valence-corrected chi connectivity index (χ1v) is 5.27. The standard InChI is InChI=1S/C10H17NO4/c12-7-6-11(8-2-1-3-8)9(13)4-5-10(14)15/h8,12H,1-7H2,(H,14,15). The van der Waals surface area contributed by atoms with Gasteiger partial charge in [0.15, 0.2) is 0 Å². The lowest BCUT2D eigenvalue weighted by molar-refractivity contribution is -0.142. The van der Waals surface area contributed by atoms with Gasteiger partial charge in [0, 0.05) is 19.0 Å². The third-order valence-electron chi connectivity index (χ3n) is 2.73. The zero-order valence-corrected chi connectivity index (χ0v) is 8.69. The Morgan fingerprint density at radius 2 is 1.93 bits per heavy atom. The highest BCUT2D eigenvalue weighted by Gasteiger charge is 2.28. The molecule has 0 unspecified atom stereocenters. The van der Waals surface area contributed by atoms with Gasteiger partial charge in [-0.15, -0.1) is 0 Å². The van der Waals surface area contributed by atoms with Gasteiger partial charge in [-0.2, -0.15) is 0 Å². The first kappa shape index (κ1) is 12.0. The number of aliphatic hydroxyl groups excluding tert-OH is 1. The minimum Gasteiger partial charge on any atom is -0.481 e. The predicted octanol–water partition coefficient (Wildman–Crippen LogP) is 0.225. The zero-order chi connectivity index (χ0) is 11.3. The van der Waals surface area contributed by atoms with E-state index in [0.29, 0.717) is 6.54 Å². The van der Waals surface area contributed by atoms with Crippen LogP contribution in [0.3, 0.4) is 0 Å². The van der Waals surface area contributed by atoms with Gasteiger partial charge in [0.1, 0.15) is 0 Å². The van der Waals surface area contributed by atoms with E-state index in [1.54, 1.807) is 4.90 Å². The highest BCUT2D eigenvalue weighted by Crippen LogP contribution is 2.25. The van der Waals surface area contributed by atoms with Crippen molar-refractivity contribution in [3.05, 3.63) is 0 Å². The molecule has 0 saturated heterocycles. The van der Waals surface area contributed by atoms with Crippen LogP contribution in [0.5, 0.6) is 0 Å². The van der Waals surface area contributed by atoms with Crippen molar-refractivity contribution in [1.29, 1.82) is 0 Å². The van der Waals surface area contributed by atoms with Crippen LogP contribution >= 0.6 is 0 Å². The summed E-state index contributed by atoms with van der Waals surface area (Å²) in [7, 11) is 0. The van der Waals surface area contributed by atoms with Gasteiger partial charge in [-0.1, -0.05) is 0 Å². The van der Waals surface area contributed by atoms with Crippen molar-refractivity contribution < 1.29 is 19.8 Å². The second kappa shape index (κ2) is 5.70. The van der Waals surface area contributed by atoms with Crippen LogP contribution in [0.25, 0.3) is 0 Å². The number of amides is 1. The van der Waals surface area contributed by atoms with Crippen LogP contribution in [0.1, 0.15) is 32.1 Å². The van der Waals surface area contributed by atoms with E-state index in [0.717, 1.165) is 19.3 Å². The van der Waals surface area contributed by atoms with Crippen LogP contribution in [-0.2, 0) is 9.59 Å². The molecule has 0 aromatic carbocycles. The third kappa shape index (κ3) is 3.51. The SMILES string of the molecule is O=C(O)CCC(=O)N(CCO)C1CCC1. The Morgan fingerprint density at radius 1 is 1.27 bits per heavy atom. The molecular formula is C10H17NO4. The van der Waals surface area contributed by atoms with Crippen LogP contribution in [-0.4, -0.2) is 46.2 Å². The Hall–Kier alpha value is -1.10. The Bertz CT molecular complexity index is 238. The minimum absolute atomic E-state index is 0.0336. The maximum absolute atomic E-state index is 11.6. The average Bonchev–Trinajstić information content (AvgIpc) is 2.10. The molecule has 0 atom stereocenters. The quantitative estimate of drug-likeness (QED) is 0.664. The minimum atomic E-state index is -0.957. The molecule has 0 aromatic rings. The van der Waals surface area contributed by atoms with Gasteiger partial charge < -0.3 is 15.1 Å². The number of hydrogen-bond acceptors (Lipinski definition) is 3. The fourth-order valence-electron chi connectivity index (χ4n) is 1.67. The van der Waals surface area contributed by atoms with Crippen molar-refractivity contribution >= 4 is 11.9 Å². The molecule has 0 aromatic heterocycles. The van der Waals surface area contributed by atoms with E-state index in [9.17, 15) is 9.59 Å². The van der Waals surface area contributed by atoms with Crippen molar-refractivity contribution in [3.63, 3.8) is 0 Å². The summed E-state index contributed by atoms with van der Waals surface area (Å²) in [4.78, 5) is 23.6. The molecule has 15 heavy (non-hydrogen) atoms. The van der Waals surface area contributed by atoms with Gasteiger partial charge in [0.2, 0.25) is 5.91 Å². The second-order valence-corrected chi connectivity index (χ2v) is 3.79. The van der Waals surface area contributed by atoms with Gasteiger partial charge in [-0.05, 0) is 19.3 Å². The summed E-state index contributed by atoms with van der Waals surface area (Å²) in [5, 5.41) is 17.3. The van der Waals surface area contributed by atoms with Crippen molar-refractivity contribution in [2.24, 2.45) is 0 Å². The summed E-state index contributed by atoms with van der Waals surface area (Å²) in [6.45, 7) is 0.262. The molecular weight excluding hydrogens is 198 g/mol. The summed E-state index contributed by atoms with van der Waals surface area (Å²) in [6.07, 6.45) is 2.95. The maximum Gasteiger partial charge on any atom is 0.303 e.